The normalized spacial score (nSPS) is 10.5. The maximum Gasteiger partial charge on any atom is 0.161 e. The van der Waals surface area contributed by atoms with E-state index < -0.39 is 0 Å². The second-order valence-corrected chi connectivity index (χ2v) is 4.65. The van der Waals surface area contributed by atoms with Gasteiger partial charge in [-0.05, 0) is 43.5 Å². The molecule has 0 amide bonds. The van der Waals surface area contributed by atoms with Crippen LogP contribution in [-0.2, 0) is 6.54 Å². The summed E-state index contributed by atoms with van der Waals surface area (Å²) in [5.41, 5.74) is 1.24. The lowest BCUT2D eigenvalue weighted by Gasteiger charge is -2.14. The smallest absolute Gasteiger partial charge is 0.161 e. The minimum absolute atomic E-state index is 0.730. The minimum Gasteiger partial charge on any atom is -0.490 e. The lowest BCUT2D eigenvalue weighted by Crippen LogP contribution is -2.14. The maximum absolute atomic E-state index is 5.78. The Labute approximate surface area is 117 Å². The predicted molar refractivity (Wildman–Crippen MR) is 80.0 cm³/mol. The molecule has 3 nitrogen and oxygen atoms in total. The molecule has 0 unspecified atom stereocenters. The third kappa shape index (κ3) is 5.97. The third-order valence-corrected chi connectivity index (χ3v) is 2.69. The van der Waals surface area contributed by atoms with Gasteiger partial charge in [0.05, 0.1) is 13.2 Å². The molecule has 1 rings (SSSR count). The lowest BCUT2D eigenvalue weighted by molar-refractivity contribution is 0.268. The monoisotopic (exact) mass is 265 g/mol. The van der Waals surface area contributed by atoms with Gasteiger partial charge in [-0.15, -0.1) is 0 Å². The standard InChI is InChI=1S/C16H27NO2/c1-4-9-17-13-14-7-8-15(18-10-5-2)16(12-14)19-11-6-3/h7-8,12,17H,4-6,9-11,13H2,1-3H3. The van der Waals surface area contributed by atoms with Crippen molar-refractivity contribution in [3.05, 3.63) is 23.8 Å². The first kappa shape index (κ1) is 15.8. The molecule has 1 aromatic carbocycles. The van der Waals surface area contributed by atoms with E-state index in [9.17, 15) is 0 Å². The molecule has 0 aromatic heterocycles. The van der Waals surface area contributed by atoms with Crippen LogP contribution in [0.1, 0.15) is 45.6 Å². The summed E-state index contributed by atoms with van der Waals surface area (Å²) >= 11 is 0. The van der Waals surface area contributed by atoms with Crippen molar-refractivity contribution in [3.63, 3.8) is 0 Å². The zero-order valence-electron chi connectivity index (χ0n) is 12.5. The van der Waals surface area contributed by atoms with Gasteiger partial charge in [-0.25, -0.2) is 0 Å². The number of benzene rings is 1. The predicted octanol–water partition coefficient (Wildman–Crippen LogP) is 3.76. The molecule has 0 fully saturated rings. The highest BCUT2D eigenvalue weighted by Gasteiger charge is 2.06. The summed E-state index contributed by atoms with van der Waals surface area (Å²) in [6.07, 6.45) is 3.16. The molecule has 0 radical (unpaired) electrons. The van der Waals surface area contributed by atoms with Gasteiger partial charge in [0.2, 0.25) is 0 Å². The van der Waals surface area contributed by atoms with Crippen LogP contribution in [0.3, 0.4) is 0 Å². The van der Waals surface area contributed by atoms with Gasteiger partial charge in [-0.3, -0.25) is 0 Å². The zero-order valence-corrected chi connectivity index (χ0v) is 12.5. The molecule has 108 valence electrons. The Bertz CT molecular complexity index is 353. The molecule has 1 N–H and O–H groups in total. The molecule has 3 heteroatoms. The fourth-order valence-corrected chi connectivity index (χ4v) is 1.73. The second-order valence-electron chi connectivity index (χ2n) is 4.65. The van der Waals surface area contributed by atoms with Gasteiger partial charge in [-0.1, -0.05) is 26.8 Å². The first-order valence-corrected chi connectivity index (χ1v) is 7.41. The molecular weight excluding hydrogens is 238 g/mol. The molecule has 0 aliphatic rings. The van der Waals surface area contributed by atoms with Crippen LogP contribution in [0.25, 0.3) is 0 Å². The fourth-order valence-electron chi connectivity index (χ4n) is 1.73. The Hall–Kier alpha value is -1.22. The molecule has 0 heterocycles. The Balaban J connectivity index is 2.69. The van der Waals surface area contributed by atoms with Crippen LogP contribution in [0.2, 0.25) is 0 Å². The summed E-state index contributed by atoms with van der Waals surface area (Å²) in [5.74, 6) is 1.72. The van der Waals surface area contributed by atoms with Gasteiger partial charge in [0.25, 0.3) is 0 Å². The van der Waals surface area contributed by atoms with E-state index in [1.807, 2.05) is 6.07 Å². The average Bonchev–Trinajstić information content (AvgIpc) is 2.44. The number of hydrogen-bond donors (Lipinski definition) is 1. The van der Waals surface area contributed by atoms with E-state index in [0.717, 1.165) is 57.1 Å². The highest BCUT2D eigenvalue weighted by atomic mass is 16.5. The Kier molecular flexibility index (Phi) is 8.07. The van der Waals surface area contributed by atoms with Crippen molar-refractivity contribution in [1.29, 1.82) is 0 Å². The summed E-state index contributed by atoms with van der Waals surface area (Å²) in [6.45, 7) is 9.77. The van der Waals surface area contributed by atoms with Crippen LogP contribution in [0.5, 0.6) is 11.5 Å². The van der Waals surface area contributed by atoms with Gasteiger partial charge in [0.15, 0.2) is 11.5 Å². The van der Waals surface area contributed by atoms with Gasteiger partial charge >= 0.3 is 0 Å². The molecule has 0 atom stereocenters. The van der Waals surface area contributed by atoms with Crippen LogP contribution < -0.4 is 14.8 Å². The molecule has 0 aliphatic heterocycles. The summed E-state index contributed by atoms with van der Waals surface area (Å²) < 4.78 is 11.5. The van der Waals surface area contributed by atoms with E-state index in [4.69, 9.17) is 9.47 Å². The van der Waals surface area contributed by atoms with Crippen molar-refractivity contribution < 1.29 is 9.47 Å². The average molecular weight is 265 g/mol. The molecule has 0 aliphatic carbocycles. The fraction of sp³-hybridized carbons (Fsp3) is 0.625. The van der Waals surface area contributed by atoms with Crippen molar-refractivity contribution in [3.8, 4) is 11.5 Å². The minimum atomic E-state index is 0.730. The topological polar surface area (TPSA) is 30.5 Å². The van der Waals surface area contributed by atoms with Crippen molar-refractivity contribution in [2.45, 2.75) is 46.6 Å². The van der Waals surface area contributed by atoms with Crippen molar-refractivity contribution in [2.75, 3.05) is 19.8 Å². The summed E-state index contributed by atoms with van der Waals surface area (Å²) in [5, 5.41) is 3.40. The van der Waals surface area contributed by atoms with E-state index in [0.29, 0.717) is 0 Å². The molecule has 0 saturated heterocycles. The third-order valence-electron chi connectivity index (χ3n) is 2.69. The molecule has 0 bridgehead atoms. The molecule has 0 spiro atoms. The van der Waals surface area contributed by atoms with E-state index >= 15 is 0 Å². The van der Waals surface area contributed by atoms with Crippen molar-refractivity contribution in [2.24, 2.45) is 0 Å². The van der Waals surface area contributed by atoms with Gasteiger partial charge < -0.3 is 14.8 Å². The maximum atomic E-state index is 5.78. The second kappa shape index (κ2) is 9.68. The van der Waals surface area contributed by atoms with Crippen molar-refractivity contribution >= 4 is 0 Å². The van der Waals surface area contributed by atoms with Crippen LogP contribution in [0.15, 0.2) is 18.2 Å². The first-order valence-electron chi connectivity index (χ1n) is 7.41. The molecule has 1 aromatic rings. The summed E-state index contributed by atoms with van der Waals surface area (Å²) in [4.78, 5) is 0. The molecule has 0 saturated carbocycles. The summed E-state index contributed by atoms with van der Waals surface area (Å²) in [6, 6.07) is 6.21. The highest BCUT2D eigenvalue weighted by Crippen LogP contribution is 2.28. The zero-order chi connectivity index (χ0) is 13.9. The Morgan fingerprint density at radius 1 is 0.895 bits per heavy atom. The number of nitrogens with one attached hydrogen (secondary N) is 1. The van der Waals surface area contributed by atoms with E-state index in [2.05, 4.69) is 38.2 Å². The van der Waals surface area contributed by atoms with Crippen LogP contribution in [-0.4, -0.2) is 19.8 Å². The highest BCUT2D eigenvalue weighted by molar-refractivity contribution is 5.43. The van der Waals surface area contributed by atoms with E-state index in [1.54, 1.807) is 0 Å². The Morgan fingerprint density at radius 2 is 1.58 bits per heavy atom. The number of rotatable bonds is 10. The lowest BCUT2D eigenvalue weighted by atomic mass is 10.2. The van der Waals surface area contributed by atoms with Crippen LogP contribution in [0, 0.1) is 0 Å². The van der Waals surface area contributed by atoms with Gasteiger partial charge in [0.1, 0.15) is 0 Å². The quantitative estimate of drug-likeness (QED) is 0.653. The molecule has 19 heavy (non-hydrogen) atoms. The SMILES string of the molecule is CCCNCc1ccc(OCCC)c(OCCC)c1. The van der Waals surface area contributed by atoms with Crippen LogP contribution in [0.4, 0.5) is 0 Å². The van der Waals surface area contributed by atoms with E-state index in [-0.39, 0.29) is 0 Å². The Morgan fingerprint density at radius 3 is 2.21 bits per heavy atom. The number of hydrogen-bond acceptors (Lipinski definition) is 3. The van der Waals surface area contributed by atoms with E-state index in [1.165, 1.54) is 5.56 Å². The van der Waals surface area contributed by atoms with Gasteiger partial charge in [-0.2, -0.15) is 0 Å². The molecular formula is C16H27NO2. The summed E-state index contributed by atoms with van der Waals surface area (Å²) in [7, 11) is 0. The largest absolute Gasteiger partial charge is 0.490 e. The van der Waals surface area contributed by atoms with Crippen LogP contribution >= 0.6 is 0 Å². The van der Waals surface area contributed by atoms with Crippen molar-refractivity contribution in [1.82, 2.24) is 5.32 Å². The first-order chi connectivity index (χ1) is 9.31. The number of ether oxygens (including phenoxy) is 2. The van der Waals surface area contributed by atoms with Gasteiger partial charge in [0, 0.05) is 6.54 Å².